The van der Waals surface area contributed by atoms with Crippen molar-refractivity contribution < 1.29 is 14.3 Å². The number of hydrogen-bond donors (Lipinski definition) is 1. The van der Waals surface area contributed by atoms with Gasteiger partial charge in [-0.15, -0.1) is 0 Å². The lowest BCUT2D eigenvalue weighted by Gasteiger charge is -2.07. The molecule has 1 rings (SSSR count). The Kier molecular flexibility index (Phi) is 5.39. The molecule has 0 saturated heterocycles. The van der Waals surface area contributed by atoms with Crippen LogP contribution in [0.15, 0.2) is 23.2 Å². The number of nitrogens with one attached hydrogen (secondary N) is 1. The Labute approximate surface area is 107 Å². The molecule has 1 aromatic rings. The quantitative estimate of drug-likeness (QED) is 0.528. The number of aliphatic imine (C=N–C) groups is 1. The maximum absolute atomic E-state index is 11.3. The Hall–Kier alpha value is -1.65. The third kappa shape index (κ3) is 4.38. The van der Waals surface area contributed by atoms with Crippen LogP contribution >= 0.6 is 15.9 Å². The van der Waals surface area contributed by atoms with Crippen molar-refractivity contribution in [1.29, 1.82) is 0 Å². The van der Waals surface area contributed by atoms with Gasteiger partial charge in [-0.2, -0.15) is 4.99 Å². The molecule has 0 bridgehead atoms. The molecule has 0 heterocycles. The normalized spacial score (nSPS) is 9.29. The van der Waals surface area contributed by atoms with Gasteiger partial charge in [0.1, 0.15) is 6.61 Å². The number of ether oxygens (including phenoxy) is 1. The van der Waals surface area contributed by atoms with Crippen molar-refractivity contribution in [1.82, 2.24) is 0 Å². The molecule has 5 nitrogen and oxygen atoms in total. The molecular formula is C11H11BrN2O3. The first-order valence-corrected chi connectivity index (χ1v) is 5.98. The van der Waals surface area contributed by atoms with Crippen molar-refractivity contribution in [2.45, 2.75) is 6.92 Å². The Bertz CT molecular complexity index is 456. The number of alkyl halides is 1. The number of benzene rings is 1. The van der Waals surface area contributed by atoms with Crippen LogP contribution in [0.25, 0.3) is 0 Å². The SMILES string of the molecule is Cc1ccc(NC(=O)OCCBr)cc1N=C=O. The van der Waals surface area contributed by atoms with E-state index in [4.69, 9.17) is 4.74 Å². The van der Waals surface area contributed by atoms with Crippen LogP contribution in [0.2, 0.25) is 0 Å². The molecule has 90 valence electrons. The number of hydrogen-bond acceptors (Lipinski definition) is 4. The zero-order valence-corrected chi connectivity index (χ0v) is 10.8. The summed E-state index contributed by atoms with van der Waals surface area (Å²) in [5.41, 5.74) is 1.81. The van der Waals surface area contributed by atoms with Crippen LogP contribution in [-0.4, -0.2) is 24.1 Å². The van der Waals surface area contributed by atoms with Crippen molar-refractivity contribution in [3.63, 3.8) is 0 Å². The highest BCUT2D eigenvalue weighted by molar-refractivity contribution is 9.09. The summed E-state index contributed by atoms with van der Waals surface area (Å²) in [5.74, 6) is 0. The van der Waals surface area contributed by atoms with Crippen molar-refractivity contribution in [2.24, 2.45) is 4.99 Å². The minimum absolute atomic E-state index is 0.289. The lowest BCUT2D eigenvalue weighted by atomic mass is 10.2. The molecule has 0 fully saturated rings. The van der Waals surface area contributed by atoms with Crippen LogP contribution in [0.1, 0.15) is 5.56 Å². The topological polar surface area (TPSA) is 67.8 Å². The predicted octanol–water partition coefficient (Wildman–Crippen LogP) is 2.91. The number of amides is 1. The minimum atomic E-state index is -0.547. The van der Waals surface area contributed by atoms with E-state index in [0.717, 1.165) is 5.56 Å². The summed E-state index contributed by atoms with van der Waals surface area (Å²) in [5, 5.41) is 3.11. The smallest absolute Gasteiger partial charge is 0.411 e. The van der Waals surface area contributed by atoms with Crippen LogP contribution in [0.3, 0.4) is 0 Å². The first-order chi connectivity index (χ1) is 8.17. The Balaban J connectivity index is 2.75. The molecule has 1 amide bonds. The molecule has 0 aliphatic heterocycles. The second-order valence-corrected chi connectivity index (χ2v) is 3.95. The molecule has 1 N–H and O–H groups in total. The van der Waals surface area contributed by atoms with E-state index in [1.165, 1.54) is 6.08 Å². The Morgan fingerprint density at radius 2 is 2.35 bits per heavy atom. The summed E-state index contributed by atoms with van der Waals surface area (Å²) in [6.45, 7) is 2.10. The summed E-state index contributed by atoms with van der Waals surface area (Å²) in [6, 6.07) is 5.03. The fourth-order valence-electron chi connectivity index (χ4n) is 1.14. The maximum Gasteiger partial charge on any atom is 0.411 e. The van der Waals surface area contributed by atoms with Crippen molar-refractivity contribution in [2.75, 3.05) is 17.3 Å². The summed E-state index contributed by atoms with van der Waals surface area (Å²) in [7, 11) is 0. The van der Waals surface area contributed by atoms with Gasteiger partial charge in [-0.05, 0) is 24.6 Å². The zero-order chi connectivity index (χ0) is 12.7. The van der Waals surface area contributed by atoms with Crippen molar-refractivity contribution in [3.8, 4) is 0 Å². The molecular weight excluding hydrogens is 288 g/mol. The van der Waals surface area contributed by atoms with Gasteiger partial charge in [0.05, 0.1) is 5.69 Å². The van der Waals surface area contributed by atoms with Gasteiger partial charge < -0.3 is 4.74 Å². The lowest BCUT2D eigenvalue weighted by molar-refractivity contribution is 0.169. The number of anilines is 1. The average Bonchev–Trinajstić information content (AvgIpc) is 2.31. The fourth-order valence-corrected chi connectivity index (χ4v) is 1.30. The van der Waals surface area contributed by atoms with Crippen molar-refractivity contribution >= 4 is 39.5 Å². The van der Waals surface area contributed by atoms with Gasteiger partial charge >= 0.3 is 6.09 Å². The molecule has 0 aliphatic carbocycles. The standard InChI is InChI=1S/C11H11BrN2O3/c1-8-2-3-9(6-10(8)13-7-15)14-11(16)17-5-4-12/h2-3,6H,4-5H2,1H3,(H,14,16). The van der Waals surface area contributed by atoms with E-state index >= 15 is 0 Å². The number of carbonyl (C=O) groups excluding carboxylic acids is 2. The average molecular weight is 299 g/mol. The first-order valence-electron chi connectivity index (χ1n) is 4.85. The van der Waals surface area contributed by atoms with E-state index in [1.807, 2.05) is 6.92 Å². The number of nitrogens with zero attached hydrogens (tertiary/aromatic N) is 1. The van der Waals surface area contributed by atoms with Crippen LogP contribution in [0, 0.1) is 6.92 Å². The highest BCUT2D eigenvalue weighted by Gasteiger charge is 2.04. The zero-order valence-electron chi connectivity index (χ0n) is 9.20. The van der Waals surface area contributed by atoms with E-state index in [2.05, 4.69) is 26.2 Å². The number of carbonyl (C=O) groups is 1. The van der Waals surface area contributed by atoms with Crippen LogP contribution in [-0.2, 0) is 9.53 Å². The molecule has 0 atom stereocenters. The summed E-state index contributed by atoms with van der Waals surface area (Å²) < 4.78 is 4.82. The van der Waals surface area contributed by atoms with Gasteiger partial charge in [0, 0.05) is 11.0 Å². The molecule has 0 radical (unpaired) electrons. The van der Waals surface area contributed by atoms with Gasteiger partial charge in [-0.25, -0.2) is 9.59 Å². The fraction of sp³-hybridized carbons (Fsp3) is 0.273. The second kappa shape index (κ2) is 6.83. The van der Waals surface area contributed by atoms with Gasteiger partial charge in [0.25, 0.3) is 0 Å². The number of aryl methyl sites for hydroxylation is 1. The van der Waals surface area contributed by atoms with E-state index < -0.39 is 6.09 Å². The molecule has 0 unspecified atom stereocenters. The molecule has 0 aromatic heterocycles. The third-order valence-corrected chi connectivity index (χ3v) is 2.26. The molecule has 0 aliphatic rings. The molecule has 0 spiro atoms. The van der Waals surface area contributed by atoms with Crippen LogP contribution in [0.5, 0.6) is 0 Å². The van der Waals surface area contributed by atoms with Gasteiger partial charge in [-0.3, -0.25) is 5.32 Å². The molecule has 6 heteroatoms. The number of halogens is 1. The molecule has 1 aromatic carbocycles. The Morgan fingerprint density at radius 3 is 3.00 bits per heavy atom. The lowest BCUT2D eigenvalue weighted by Crippen LogP contribution is -2.14. The summed E-state index contributed by atoms with van der Waals surface area (Å²) >= 11 is 3.14. The van der Waals surface area contributed by atoms with E-state index in [1.54, 1.807) is 18.2 Å². The minimum Gasteiger partial charge on any atom is -0.448 e. The Morgan fingerprint density at radius 1 is 1.59 bits per heavy atom. The van der Waals surface area contributed by atoms with Crippen molar-refractivity contribution in [3.05, 3.63) is 23.8 Å². The van der Waals surface area contributed by atoms with E-state index in [-0.39, 0.29) is 6.61 Å². The predicted molar refractivity (Wildman–Crippen MR) is 67.7 cm³/mol. The second-order valence-electron chi connectivity index (χ2n) is 3.15. The maximum atomic E-state index is 11.3. The summed E-state index contributed by atoms with van der Waals surface area (Å²) in [6.07, 6.45) is 0.918. The highest BCUT2D eigenvalue weighted by Crippen LogP contribution is 2.22. The van der Waals surface area contributed by atoms with E-state index in [9.17, 15) is 9.59 Å². The molecule has 17 heavy (non-hydrogen) atoms. The third-order valence-electron chi connectivity index (χ3n) is 1.93. The van der Waals surface area contributed by atoms with Gasteiger partial charge in [0.2, 0.25) is 6.08 Å². The van der Waals surface area contributed by atoms with E-state index in [0.29, 0.717) is 16.7 Å². The highest BCUT2D eigenvalue weighted by atomic mass is 79.9. The largest absolute Gasteiger partial charge is 0.448 e. The molecule has 0 saturated carbocycles. The van der Waals surface area contributed by atoms with Crippen LogP contribution in [0.4, 0.5) is 16.2 Å². The van der Waals surface area contributed by atoms with Crippen LogP contribution < -0.4 is 5.32 Å². The first kappa shape index (κ1) is 13.4. The van der Waals surface area contributed by atoms with Gasteiger partial charge in [-0.1, -0.05) is 22.0 Å². The summed E-state index contributed by atoms with van der Waals surface area (Å²) in [4.78, 5) is 25.0. The number of isocyanates is 1. The number of rotatable bonds is 4. The monoisotopic (exact) mass is 298 g/mol. The van der Waals surface area contributed by atoms with Gasteiger partial charge in [0.15, 0.2) is 0 Å².